The number of nitrogens with two attached hydrogens (primary N) is 1. The predicted molar refractivity (Wildman–Crippen MR) is 54.5 cm³/mol. The van der Waals surface area contributed by atoms with E-state index in [2.05, 4.69) is 15.2 Å². The molecule has 15 heavy (non-hydrogen) atoms. The molecule has 0 aliphatic carbocycles. The quantitative estimate of drug-likeness (QED) is 0.620. The van der Waals surface area contributed by atoms with Crippen molar-refractivity contribution in [3.63, 3.8) is 0 Å². The third kappa shape index (κ3) is 1.15. The van der Waals surface area contributed by atoms with Crippen LogP contribution in [0.4, 0.5) is 5.95 Å². The zero-order valence-corrected chi connectivity index (χ0v) is 7.78. The minimum Gasteiger partial charge on any atom is -0.366 e. The third-order valence-electron chi connectivity index (χ3n) is 2.10. The SMILES string of the molecule is Nc1nc2cccc(-n3cccn3)n2n1. The smallest absolute Gasteiger partial charge is 0.240 e. The summed E-state index contributed by atoms with van der Waals surface area (Å²) in [6, 6.07) is 7.48. The second-order valence-electron chi connectivity index (χ2n) is 3.07. The highest BCUT2D eigenvalue weighted by molar-refractivity contribution is 5.46. The van der Waals surface area contributed by atoms with Gasteiger partial charge in [0.2, 0.25) is 5.95 Å². The van der Waals surface area contributed by atoms with Crippen LogP contribution in [0.5, 0.6) is 0 Å². The molecule has 0 bridgehead atoms. The maximum absolute atomic E-state index is 5.54. The van der Waals surface area contributed by atoms with Gasteiger partial charge < -0.3 is 5.73 Å². The molecule has 0 fully saturated rings. The van der Waals surface area contributed by atoms with Crippen molar-refractivity contribution >= 4 is 11.6 Å². The number of hydrogen-bond donors (Lipinski definition) is 1. The van der Waals surface area contributed by atoms with Gasteiger partial charge in [-0.05, 0) is 18.2 Å². The molecule has 6 heteroatoms. The van der Waals surface area contributed by atoms with Crippen LogP contribution < -0.4 is 5.73 Å². The van der Waals surface area contributed by atoms with E-state index in [4.69, 9.17) is 5.73 Å². The largest absolute Gasteiger partial charge is 0.366 e. The minimum absolute atomic E-state index is 0.259. The Balaban J connectivity index is 2.35. The Morgan fingerprint density at radius 3 is 2.93 bits per heavy atom. The van der Waals surface area contributed by atoms with E-state index in [1.165, 1.54) is 0 Å². The predicted octanol–water partition coefficient (Wildman–Crippen LogP) is 0.497. The van der Waals surface area contributed by atoms with E-state index in [1.807, 2.05) is 30.5 Å². The normalized spacial score (nSPS) is 10.9. The first-order valence-electron chi connectivity index (χ1n) is 4.46. The van der Waals surface area contributed by atoms with Gasteiger partial charge in [0, 0.05) is 12.4 Å². The van der Waals surface area contributed by atoms with Crippen molar-refractivity contribution in [3.8, 4) is 5.82 Å². The lowest BCUT2D eigenvalue weighted by atomic mass is 10.4. The van der Waals surface area contributed by atoms with Crippen LogP contribution in [0.1, 0.15) is 0 Å². The van der Waals surface area contributed by atoms with E-state index in [0.717, 1.165) is 5.82 Å². The Labute approximate surface area is 85.0 Å². The van der Waals surface area contributed by atoms with Gasteiger partial charge in [-0.1, -0.05) is 6.07 Å². The van der Waals surface area contributed by atoms with Crippen molar-refractivity contribution in [2.24, 2.45) is 0 Å². The van der Waals surface area contributed by atoms with Crippen molar-refractivity contribution in [1.82, 2.24) is 24.4 Å². The molecule has 2 N–H and O–H groups in total. The van der Waals surface area contributed by atoms with Gasteiger partial charge in [-0.2, -0.15) is 14.6 Å². The summed E-state index contributed by atoms with van der Waals surface area (Å²) >= 11 is 0. The Kier molecular flexibility index (Phi) is 1.49. The summed E-state index contributed by atoms with van der Waals surface area (Å²) in [5.74, 6) is 1.07. The number of aromatic nitrogens is 5. The van der Waals surface area contributed by atoms with Gasteiger partial charge in [0.05, 0.1) is 0 Å². The number of hydrogen-bond acceptors (Lipinski definition) is 4. The summed E-state index contributed by atoms with van der Waals surface area (Å²) in [7, 11) is 0. The summed E-state index contributed by atoms with van der Waals surface area (Å²) in [4.78, 5) is 4.07. The number of fused-ring (bicyclic) bond motifs is 1. The fraction of sp³-hybridized carbons (Fsp3) is 0. The van der Waals surface area contributed by atoms with Crippen LogP contribution >= 0.6 is 0 Å². The maximum Gasteiger partial charge on any atom is 0.240 e. The molecule has 0 aromatic carbocycles. The highest BCUT2D eigenvalue weighted by Gasteiger charge is 2.05. The topological polar surface area (TPSA) is 74.0 Å². The molecule has 0 saturated heterocycles. The van der Waals surface area contributed by atoms with Gasteiger partial charge in [-0.25, -0.2) is 4.68 Å². The summed E-state index contributed by atoms with van der Waals surface area (Å²) in [6.07, 6.45) is 3.55. The molecule has 0 spiro atoms. The van der Waals surface area contributed by atoms with Crippen LogP contribution in [0.2, 0.25) is 0 Å². The van der Waals surface area contributed by atoms with Crippen LogP contribution in [0.15, 0.2) is 36.7 Å². The molecular weight excluding hydrogens is 192 g/mol. The van der Waals surface area contributed by atoms with Crippen LogP contribution in [0, 0.1) is 0 Å². The van der Waals surface area contributed by atoms with Gasteiger partial charge >= 0.3 is 0 Å². The molecule has 6 nitrogen and oxygen atoms in total. The third-order valence-corrected chi connectivity index (χ3v) is 2.10. The van der Waals surface area contributed by atoms with Crippen molar-refractivity contribution in [3.05, 3.63) is 36.7 Å². The lowest BCUT2D eigenvalue weighted by Gasteiger charge is -2.02. The number of nitrogen functional groups attached to an aromatic ring is 1. The Bertz CT molecular complexity index is 594. The van der Waals surface area contributed by atoms with E-state index in [0.29, 0.717) is 5.65 Å². The molecule has 0 aliphatic heterocycles. The lowest BCUT2D eigenvalue weighted by molar-refractivity contribution is 0.791. The van der Waals surface area contributed by atoms with Gasteiger partial charge in [0.1, 0.15) is 0 Å². The van der Waals surface area contributed by atoms with Crippen LogP contribution in [0.25, 0.3) is 11.5 Å². The van der Waals surface area contributed by atoms with Crippen molar-refractivity contribution in [2.75, 3.05) is 5.73 Å². The molecule has 0 atom stereocenters. The second-order valence-corrected chi connectivity index (χ2v) is 3.07. The van der Waals surface area contributed by atoms with Crippen molar-refractivity contribution < 1.29 is 0 Å². The molecular formula is C9H8N6. The first kappa shape index (κ1) is 7.98. The van der Waals surface area contributed by atoms with Crippen LogP contribution in [-0.4, -0.2) is 24.4 Å². The molecule has 74 valence electrons. The summed E-state index contributed by atoms with van der Waals surface area (Å²) < 4.78 is 3.36. The van der Waals surface area contributed by atoms with Gasteiger partial charge in [0.25, 0.3) is 0 Å². The summed E-state index contributed by atoms with van der Waals surface area (Å²) in [5, 5.41) is 8.22. The fourth-order valence-electron chi connectivity index (χ4n) is 1.49. The minimum atomic E-state index is 0.259. The molecule has 0 saturated carbocycles. The average Bonchev–Trinajstić information content (AvgIpc) is 2.82. The van der Waals surface area contributed by atoms with Crippen molar-refractivity contribution in [1.29, 1.82) is 0 Å². The van der Waals surface area contributed by atoms with Gasteiger partial charge in [0.15, 0.2) is 11.5 Å². The summed E-state index contributed by atoms with van der Waals surface area (Å²) in [6.45, 7) is 0. The first-order valence-corrected chi connectivity index (χ1v) is 4.46. The molecule has 0 unspecified atom stereocenters. The standard InChI is InChI=1S/C9H8N6/c10-9-12-7-3-1-4-8(15(7)13-9)14-6-2-5-11-14/h1-6H,(H2,10,13). The lowest BCUT2D eigenvalue weighted by Crippen LogP contribution is -2.03. The number of anilines is 1. The Morgan fingerprint density at radius 2 is 2.13 bits per heavy atom. The fourth-order valence-corrected chi connectivity index (χ4v) is 1.49. The molecule has 3 rings (SSSR count). The van der Waals surface area contributed by atoms with E-state index in [-0.39, 0.29) is 5.95 Å². The zero-order chi connectivity index (χ0) is 10.3. The van der Waals surface area contributed by atoms with Gasteiger partial charge in [-0.15, -0.1) is 5.10 Å². The summed E-state index contributed by atoms with van der Waals surface area (Å²) in [5.41, 5.74) is 6.25. The second kappa shape index (κ2) is 2.81. The van der Waals surface area contributed by atoms with E-state index < -0.39 is 0 Å². The monoisotopic (exact) mass is 200 g/mol. The molecule has 0 radical (unpaired) electrons. The maximum atomic E-state index is 5.54. The van der Waals surface area contributed by atoms with Gasteiger partial charge in [-0.3, -0.25) is 0 Å². The highest BCUT2D eigenvalue weighted by atomic mass is 15.4. The van der Waals surface area contributed by atoms with E-state index >= 15 is 0 Å². The Morgan fingerprint density at radius 1 is 1.20 bits per heavy atom. The van der Waals surface area contributed by atoms with Crippen molar-refractivity contribution in [2.45, 2.75) is 0 Å². The van der Waals surface area contributed by atoms with E-state index in [1.54, 1.807) is 15.4 Å². The molecule has 0 aliphatic rings. The highest BCUT2D eigenvalue weighted by Crippen LogP contribution is 2.09. The van der Waals surface area contributed by atoms with E-state index in [9.17, 15) is 0 Å². The first-order chi connectivity index (χ1) is 7.34. The number of rotatable bonds is 1. The molecule has 3 heterocycles. The Hall–Kier alpha value is -2.37. The molecule has 3 aromatic rings. The molecule has 0 amide bonds. The average molecular weight is 200 g/mol. The van der Waals surface area contributed by atoms with Crippen LogP contribution in [0.3, 0.4) is 0 Å². The number of pyridine rings is 1. The zero-order valence-electron chi connectivity index (χ0n) is 7.78. The molecule has 3 aromatic heterocycles. The number of nitrogens with zero attached hydrogens (tertiary/aromatic N) is 5. The van der Waals surface area contributed by atoms with Crippen LogP contribution in [-0.2, 0) is 0 Å².